The van der Waals surface area contributed by atoms with Crippen molar-refractivity contribution in [2.75, 3.05) is 13.2 Å². The van der Waals surface area contributed by atoms with E-state index in [4.69, 9.17) is 9.47 Å². The highest BCUT2D eigenvalue weighted by atomic mass is 16.5. The van der Waals surface area contributed by atoms with Crippen molar-refractivity contribution in [1.82, 2.24) is 0 Å². The number of hydrogen-bond acceptors (Lipinski definition) is 3. The zero-order valence-corrected chi connectivity index (χ0v) is 20.6. The van der Waals surface area contributed by atoms with Gasteiger partial charge in [-0.25, -0.2) is 4.79 Å². The molecule has 1 aliphatic carbocycles. The van der Waals surface area contributed by atoms with Gasteiger partial charge in [0.15, 0.2) is 0 Å². The Morgan fingerprint density at radius 3 is 2.28 bits per heavy atom. The monoisotopic (exact) mass is 432 g/mol. The van der Waals surface area contributed by atoms with E-state index in [1.807, 2.05) is 25.1 Å². The van der Waals surface area contributed by atoms with Gasteiger partial charge in [-0.1, -0.05) is 45.9 Å². The number of fused-ring (bicyclic) bond motifs is 2. The lowest BCUT2D eigenvalue weighted by atomic mass is 9.61. The quantitative estimate of drug-likeness (QED) is 0.402. The lowest BCUT2D eigenvalue weighted by Gasteiger charge is -2.43. The summed E-state index contributed by atoms with van der Waals surface area (Å²) in [5.41, 5.74) is 7.91. The molecule has 0 saturated heterocycles. The zero-order chi connectivity index (χ0) is 23.3. The number of esters is 1. The molecule has 0 N–H and O–H groups in total. The van der Waals surface area contributed by atoms with Crippen LogP contribution in [0.5, 0.6) is 5.75 Å². The highest BCUT2D eigenvalue weighted by Crippen LogP contribution is 2.50. The van der Waals surface area contributed by atoms with Crippen molar-refractivity contribution >= 4 is 12.0 Å². The van der Waals surface area contributed by atoms with E-state index < -0.39 is 0 Å². The average molecular weight is 433 g/mol. The number of hydrogen-bond donors (Lipinski definition) is 0. The van der Waals surface area contributed by atoms with Crippen molar-refractivity contribution < 1.29 is 14.3 Å². The smallest absolute Gasteiger partial charge is 0.330 e. The van der Waals surface area contributed by atoms with Crippen LogP contribution in [-0.2, 0) is 25.8 Å². The summed E-state index contributed by atoms with van der Waals surface area (Å²) in [4.78, 5) is 11.8. The third-order valence-electron chi connectivity index (χ3n) is 7.61. The molecule has 170 valence electrons. The molecule has 2 aromatic carbocycles. The first kappa shape index (κ1) is 22.6. The predicted octanol–water partition coefficient (Wildman–Crippen LogP) is 6.62. The fourth-order valence-corrected chi connectivity index (χ4v) is 5.40. The van der Waals surface area contributed by atoms with Gasteiger partial charge in [-0.15, -0.1) is 0 Å². The maximum Gasteiger partial charge on any atom is 0.330 e. The third-order valence-corrected chi connectivity index (χ3v) is 7.61. The molecule has 4 rings (SSSR count). The average Bonchev–Trinajstić information content (AvgIpc) is 3.07. The van der Waals surface area contributed by atoms with Gasteiger partial charge < -0.3 is 9.47 Å². The summed E-state index contributed by atoms with van der Waals surface area (Å²) in [5.74, 6) is 0.611. The zero-order valence-electron chi connectivity index (χ0n) is 20.6. The molecule has 0 spiro atoms. The van der Waals surface area contributed by atoms with Crippen LogP contribution in [0, 0.1) is 6.92 Å². The van der Waals surface area contributed by atoms with Crippen LogP contribution in [0.25, 0.3) is 6.08 Å². The Bertz CT molecular complexity index is 1090. The van der Waals surface area contributed by atoms with Crippen molar-refractivity contribution in [2.45, 2.75) is 77.6 Å². The molecule has 2 aromatic rings. The van der Waals surface area contributed by atoms with Crippen LogP contribution >= 0.6 is 0 Å². The second kappa shape index (κ2) is 7.79. The Kier molecular flexibility index (Phi) is 5.51. The molecular formula is C29H36O3. The number of aryl methyl sites for hydroxylation is 1. The molecule has 1 heterocycles. The van der Waals surface area contributed by atoms with Crippen molar-refractivity contribution in [3.8, 4) is 5.75 Å². The summed E-state index contributed by atoms with van der Waals surface area (Å²) in [6, 6.07) is 11.1. The highest BCUT2D eigenvalue weighted by molar-refractivity contribution is 5.87. The Hall–Kier alpha value is -2.55. The molecule has 0 bridgehead atoms. The fourth-order valence-electron chi connectivity index (χ4n) is 5.40. The topological polar surface area (TPSA) is 35.5 Å². The molecule has 1 aliphatic heterocycles. The molecular weight excluding hydrogens is 396 g/mol. The molecule has 0 fully saturated rings. The second-order valence-corrected chi connectivity index (χ2v) is 10.9. The molecule has 1 unspecified atom stereocenters. The number of rotatable bonds is 4. The molecule has 3 nitrogen and oxygen atoms in total. The predicted molar refractivity (Wildman–Crippen MR) is 131 cm³/mol. The Morgan fingerprint density at radius 2 is 1.62 bits per heavy atom. The molecule has 0 saturated carbocycles. The van der Waals surface area contributed by atoms with E-state index in [1.54, 1.807) is 0 Å². The van der Waals surface area contributed by atoms with Crippen molar-refractivity contribution in [3.63, 3.8) is 0 Å². The van der Waals surface area contributed by atoms with Gasteiger partial charge in [0.1, 0.15) is 12.4 Å². The minimum Gasteiger partial charge on any atom is -0.492 e. The maximum atomic E-state index is 11.8. The summed E-state index contributed by atoms with van der Waals surface area (Å²) in [6.07, 6.45) is 5.72. The minimum atomic E-state index is -0.317. The van der Waals surface area contributed by atoms with E-state index >= 15 is 0 Å². The highest BCUT2D eigenvalue weighted by Gasteiger charge is 2.43. The first-order chi connectivity index (χ1) is 15.0. The van der Waals surface area contributed by atoms with Gasteiger partial charge in [0, 0.05) is 11.6 Å². The van der Waals surface area contributed by atoms with E-state index in [1.165, 1.54) is 46.7 Å². The Labute approximate surface area is 192 Å². The van der Waals surface area contributed by atoms with Crippen LogP contribution in [0.4, 0.5) is 0 Å². The van der Waals surface area contributed by atoms with Gasteiger partial charge in [0.25, 0.3) is 0 Å². The standard InChI is InChI=1S/C29H36O3/c1-8-31-26(30)12-10-20-9-11-25-24(16-20)29(7,18-32-25)21-17-23-22(15-19(21)2)27(3,4)13-14-28(23,5)6/h9-12,15-17H,8,13-14,18H2,1-7H3. The van der Waals surface area contributed by atoms with Gasteiger partial charge in [-0.05, 0) is 90.5 Å². The van der Waals surface area contributed by atoms with Crippen LogP contribution in [0.3, 0.4) is 0 Å². The first-order valence-corrected chi connectivity index (χ1v) is 11.8. The lowest BCUT2D eigenvalue weighted by Crippen LogP contribution is -2.35. The van der Waals surface area contributed by atoms with E-state index in [9.17, 15) is 4.79 Å². The van der Waals surface area contributed by atoms with Crippen molar-refractivity contribution in [3.05, 3.63) is 69.8 Å². The van der Waals surface area contributed by atoms with Gasteiger partial charge in [-0.2, -0.15) is 0 Å². The molecule has 32 heavy (non-hydrogen) atoms. The summed E-state index contributed by atoms with van der Waals surface area (Å²) in [6.45, 7) is 16.8. The van der Waals surface area contributed by atoms with Crippen LogP contribution < -0.4 is 4.74 Å². The van der Waals surface area contributed by atoms with E-state index in [0.29, 0.717) is 13.2 Å². The van der Waals surface area contributed by atoms with Crippen LogP contribution in [0.15, 0.2) is 36.4 Å². The van der Waals surface area contributed by atoms with Gasteiger partial charge >= 0.3 is 5.97 Å². The molecule has 1 atom stereocenters. The second-order valence-electron chi connectivity index (χ2n) is 10.9. The summed E-state index contributed by atoms with van der Waals surface area (Å²) < 4.78 is 11.2. The number of ether oxygens (including phenoxy) is 2. The molecule has 3 heteroatoms. The van der Waals surface area contributed by atoms with Crippen LogP contribution in [-0.4, -0.2) is 19.2 Å². The third kappa shape index (κ3) is 3.76. The van der Waals surface area contributed by atoms with Crippen molar-refractivity contribution in [1.29, 1.82) is 0 Å². The number of carbonyl (C=O) groups excluding carboxylic acids is 1. The van der Waals surface area contributed by atoms with Gasteiger partial charge in [0.2, 0.25) is 0 Å². The Balaban J connectivity index is 1.80. The van der Waals surface area contributed by atoms with E-state index in [-0.39, 0.29) is 22.2 Å². The SMILES string of the molecule is CCOC(=O)C=Cc1ccc2c(c1)C(C)(c1cc3c(cc1C)C(C)(C)CCC3(C)C)CO2. The van der Waals surface area contributed by atoms with Gasteiger partial charge in [0.05, 0.1) is 12.0 Å². The lowest BCUT2D eigenvalue weighted by molar-refractivity contribution is -0.137. The largest absolute Gasteiger partial charge is 0.492 e. The summed E-state index contributed by atoms with van der Waals surface area (Å²) in [7, 11) is 0. The van der Waals surface area contributed by atoms with Crippen LogP contribution in [0.1, 0.15) is 87.8 Å². The molecule has 0 amide bonds. The first-order valence-electron chi connectivity index (χ1n) is 11.8. The number of benzene rings is 2. The molecule has 2 aliphatic rings. The minimum absolute atomic E-state index is 0.163. The fraction of sp³-hybridized carbons (Fsp3) is 0.483. The molecule has 0 aromatic heterocycles. The van der Waals surface area contributed by atoms with Crippen LogP contribution in [0.2, 0.25) is 0 Å². The molecule has 0 radical (unpaired) electrons. The Morgan fingerprint density at radius 1 is 0.969 bits per heavy atom. The van der Waals surface area contributed by atoms with E-state index in [2.05, 4.69) is 59.7 Å². The summed E-state index contributed by atoms with van der Waals surface area (Å²) >= 11 is 0. The summed E-state index contributed by atoms with van der Waals surface area (Å²) in [5, 5.41) is 0. The number of carbonyl (C=O) groups is 1. The van der Waals surface area contributed by atoms with E-state index in [0.717, 1.165) is 11.3 Å². The van der Waals surface area contributed by atoms with Crippen molar-refractivity contribution in [2.24, 2.45) is 0 Å². The van der Waals surface area contributed by atoms with Gasteiger partial charge in [-0.3, -0.25) is 0 Å². The maximum absolute atomic E-state index is 11.8. The normalized spacial score (nSPS) is 22.8.